The highest BCUT2D eigenvalue weighted by atomic mass is 16.1. The van der Waals surface area contributed by atoms with E-state index >= 15 is 0 Å². The van der Waals surface area contributed by atoms with E-state index in [0.717, 1.165) is 12.8 Å². The van der Waals surface area contributed by atoms with Gasteiger partial charge in [-0.05, 0) is 31.3 Å². The number of hydrogen-bond acceptors (Lipinski definition) is 2. The van der Waals surface area contributed by atoms with Crippen LogP contribution in [-0.4, -0.2) is 30.8 Å². The molecule has 1 aliphatic rings. The molecular weight excluding hydrogens is 174 g/mol. The van der Waals surface area contributed by atoms with E-state index in [9.17, 15) is 4.79 Å². The normalized spacial score (nSPS) is 22.1. The van der Waals surface area contributed by atoms with Crippen LogP contribution in [-0.2, 0) is 4.79 Å². The zero-order valence-electron chi connectivity index (χ0n) is 9.59. The van der Waals surface area contributed by atoms with Gasteiger partial charge in [0.25, 0.3) is 0 Å². The van der Waals surface area contributed by atoms with Crippen LogP contribution in [0, 0.1) is 5.41 Å². The number of rotatable bonds is 5. The molecule has 1 rings (SSSR count). The molecule has 0 radical (unpaired) electrons. The Balaban J connectivity index is 2.32. The largest absolute Gasteiger partial charge is 0.303 e. The van der Waals surface area contributed by atoms with Crippen molar-refractivity contribution in [1.82, 2.24) is 4.90 Å². The van der Waals surface area contributed by atoms with Gasteiger partial charge in [-0.3, -0.25) is 0 Å². The number of carbonyl (C=O) groups excluding carboxylic acids is 1. The molecule has 0 saturated carbocycles. The molecule has 1 saturated heterocycles. The van der Waals surface area contributed by atoms with Crippen LogP contribution < -0.4 is 0 Å². The van der Waals surface area contributed by atoms with Crippen LogP contribution in [0.4, 0.5) is 0 Å². The Morgan fingerprint density at radius 2 is 1.79 bits per heavy atom. The van der Waals surface area contributed by atoms with E-state index < -0.39 is 0 Å². The summed E-state index contributed by atoms with van der Waals surface area (Å²) < 4.78 is 0. The van der Waals surface area contributed by atoms with Crippen molar-refractivity contribution in [2.24, 2.45) is 5.41 Å². The fraction of sp³-hybridized carbons (Fsp3) is 0.917. The van der Waals surface area contributed by atoms with Crippen molar-refractivity contribution in [1.29, 1.82) is 0 Å². The van der Waals surface area contributed by atoms with Crippen molar-refractivity contribution in [2.45, 2.75) is 46.0 Å². The molecule has 0 bridgehead atoms. The van der Waals surface area contributed by atoms with Gasteiger partial charge >= 0.3 is 0 Å². The molecule has 0 aliphatic carbocycles. The number of carbonyl (C=O) groups is 1. The predicted molar refractivity (Wildman–Crippen MR) is 59.4 cm³/mol. The van der Waals surface area contributed by atoms with Gasteiger partial charge in [0.05, 0.1) is 0 Å². The van der Waals surface area contributed by atoms with Crippen molar-refractivity contribution in [3.05, 3.63) is 0 Å². The molecule has 14 heavy (non-hydrogen) atoms. The summed E-state index contributed by atoms with van der Waals surface area (Å²) in [6.07, 6.45) is 6.99. The van der Waals surface area contributed by atoms with Gasteiger partial charge in [0, 0.05) is 13.0 Å². The third kappa shape index (κ3) is 2.81. The first-order chi connectivity index (χ1) is 6.76. The number of piperidine rings is 1. The molecule has 0 aromatic carbocycles. The minimum atomic E-state index is 0.609. The number of hydrogen-bond donors (Lipinski definition) is 0. The van der Waals surface area contributed by atoms with Gasteiger partial charge in [-0.1, -0.05) is 26.7 Å². The van der Waals surface area contributed by atoms with E-state index in [2.05, 4.69) is 18.7 Å². The van der Waals surface area contributed by atoms with Crippen LogP contribution in [0.3, 0.4) is 0 Å². The molecule has 0 atom stereocenters. The summed E-state index contributed by atoms with van der Waals surface area (Å²) in [6.45, 7) is 7.97. The molecule has 2 heteroatoms. The highest BCUT2D eigenvalue weighted by molar-refractivity contribution is 5.49. The fourth-order valence-corrected chi connectivity index (χ4v) is 2.44. The smallest absolute Gasteiger partial charge is 0.121 e. The van der Waals surface area contributed by atoms with Gasteiger partial charge in [-0.2, -0.15) is 0 Å². The van der Waals surface area contributed by atoms with Crippen LogP contribution in [0.5, 0.6) is 0 Å². The Kier molecular flexibility index (Phi) is 4.59. The molecule has 82 valence electrons. The van der Waals surface area contributed by atoms with E-state index in [1.165, 1.54) is 38.8 Å². The molecule has 1 aliphatic heterocycles. The molecular formula is C12H23NO. The van der Waals surface area contributed by atoms with Gasteiger partial charge in [-0.15, -0.1) is 0 Å². The molecule has 0 amide bonds. The van der Waals surface area contributed by atoms with E-state index in [1.807, 2.05) is 0 Å². The van der Waals surface area contributed by atoms with Crippen LogP contribution in [0.1, 0.15) is 46.0 Å². The zero-order chi connectivity index (χ0) is 10.4. The van der Waals surface area contributed by atoms with E-state index in [4.69, 9.17) is 0 Å². The van der Waals surface area contributed by atoms with Crippen molar-refractivity contribution in [3.63, 3.8) is 0 Å². The molecule has 0 N–H and O–H groups in total. The first kappa shape index (κ1) is 11.7. The van der Waals surface area contributed by atoms with Crippen molar-refractivity contribution in [2.75, 3.05) is 19.6 Å². The topological polar surface area (TPSA) is 20.3 Å². The second-order valence-electron chi connectivity index (χ2n) is 4.50. The van der Waals surface area contributed by atoms with Gasteiger partial charge < -0.3 is 9.69 Å². The maximum atomic E-state index is 10.3. The van der Waals surface area contributed by atoms with Gasteiger partial charge in [0.2, 0.25) is 0 Å². The predicted octanol–water partition coefficient (Wildman–Crippen LogP) is 2.48. The van der Waals surface area contributed by atoms with Gasteiger partial charge in [0.1, 0.15) is 6.29 Å². The Morgan fingerprint density at radius 3 is 2.21 bits per heavy atom. The summed E-state index contributed by atoms with van der Waals surface area (Å²) >= 11 is 0. The number of nitrogens with zero attached hydrogens (tertiary/aromatic N) is 1. The Hall–Kier alpha value is -0.370. The first-order valence-corrected chi connectivity index (χ1v) is 5.92. The third-order valence-electron chi connectivity index (χ3n) is 3.98. The van der Waals surface area contributed by atoms with Gasteiger partial charge in [-0.25, -0.2) is 0 Å². The lowest BCUT2D eigenvalue weighted by atomic mass is 9.74. The van der Waals surface area contributed by atoms with E-state index in [-0.39, 0.29) is 0 Å². The zero-order valence-corrected chi connectivity index (χ0v) is 9.59. The molecule has 0 aromatic rings. The molecule has 1 heterocycles. The van der Waals surface area contributed by atoms with Crippen molar-refractivity contribution >= 4 is 6.29 Å². The molecule has 0 aromatic heterocycles. The summed E-state index contributed by atoms with van der Waals surface area (Å²) in [5, 5.41) is 0. The molecule has 2 nitrogen and oxygen atoms in total. The van der Waals surface area contributed by atoms with Crippen LogP contribution in [0.25, 0.3) is 0 Å². The average molecular weight is 197 g/mol. The van der Waals surface area contributed by atoms with E-state index in [1.54, 1.807) is 0 Å². The Labute approximate surface area is 87.7 Å². The maximum absolute atomic E-state index is 10.3. The number of likely N-dealkylation sites (tertiary alicyclic amines) is 1. The summed E-state index contributed by atoms with van der Waals surface area (Å²) in [4.78, 5) is 12.7. The maximum Gasteiger partial charge on any atom is 0.121 e. The van der Waals surface area contributed by atoms with Crippen LogP contribution in [0.15, 0.2) is 0 Å². The van der Waals surface area contributed by atoms with Gasteiger partial charge in [0.15, 0.2) is 0 Å². The minimum absolute atomic E-state index is 0.609. The lowest BCUT2D eigenvalue weighted by molar-refractivity contribution is -0.108. The Morgan fingerprint density at radius 1 is 1.21 bits per heavy atom. The van der Waals surface area contributed by atoms with Crippen molar-refractivity contribution < 1.29 is 4.79 Å². The standard InChI is InChI=1S/C12H23NO/c1-3-12(4-2)6-9-13(10-7-12)8-5-11-14/h11H,3-10H2,1-2H3. The SMILES string of the molecule is CCC1(CC)CCN(CCC=O)CC1. The van der Waals surface area contributed by atoms with Crippen molar-refractivity contribution in [3.8, 4) is 0 Å². The summed E-state index contributed by atoms with van der Waals surface area (Å²) in [5.74, 6) is 0. The molecule has 1 fully saturated rings. The summed E-state index contributed by atoms with van der Waals surface area (Å²) in [6, 6.07) is 0. The minimum Gasteiger partial charge on any atom is -0.303 e. The van der Waals surface area contributed by atoms with Crippen LogP contribution in [0.2, 0.25) is 0 Å². The lowest BCUT2D eigenvalue weighted by Gasteiger charge is -2.40. The average Bonchev–Trinajstić information content (AvgIpc) is 2.27. The first-order valence-electron chi connectivity index (χ1n) is 5.92. The third-order valence-corrected chi connectivity index (χ3v) is 3.98. The van der Waals surface area contributed by atoms with E-state index in [0.29, 0.717) is 11.8 Å². The monoisotopic (exact) mass is 197 g/mol. The second-order valence-corrected chi connectivity index (χ2v) is 4.50. The summed E-state index contributed by atoms with van der Waals surface area (Å²) in [7, 11) is 0. The second kappa shape index (κ2) is 5.50. The molecule has 0 spiro atoms. The highest BCUT2D eigenvalue weighted by Gasteiger charge is 2.30. The number of aldehydes is 1. The lowest BCUT2D eigenvalue weighted by Crippen LogP contribution is -2.40. The quantitative estimate of drug-likeness (QED) is 0.631. The highest BCUT2D eigenvalue weighted by Crippen LogP contribution is 2.37. The Bertz CT molecular complexity index is 165. The fourth-order valence-electron chi connectivity index (χ4n) is 2.44. The van der Waals surface area contributed by atoms with Crippen LogP contribution >= 0.6 is 0 Å². The summed E-state index contributed by atoms with van der Waals surface area (Å²) in [5.41, 5.74) is 0.609. The molecule has 0 unspecified atom stereocenters.